The van der Waals surface area contributed by atoms with Crippen molar-refractivity contribution in [2.75, 3.05) is 5.32 Å². The fourth-order valence-corrected chi connectivity index (χ4v) is 1.28. The Morgan fingerprint density at radius 3 is 3.00 bits per heavy atom. The van der Waals surface area contributed by atoms with Crippen molar-refractivity contribution in [2.24, 2.45) is 7.05 Å². The highest BCUT2D eigenvalue weighted by Gasteiger charge is 2.08. The lowest BCUT2D eigenvalue weighted by atomic mass is 10.3. The maximum atomic E-state index is 11.7. The molecule has 2 heterocycles. The van der Waals surface area contributed by atoms with E-state index < -0.39 is 0 Å². The highest BCUT2D eigenvalue weighted by molar-refractivity contribution is 6.28. The van der Waals surface area contributed by atoms with Gasteiger partial charge in [-0.2, -0.15) is 5.10 Å². The number of anilines is 1. The number of nitrogens with one attached hydrogen (secondary N) is 1. The van der Waals surface area contributed by atoms with E-state index in [1.807, 2.05) is 0 Å². The van der Waals surface area contributed by atoms with Crippen LogP contribution in [0.1, 0.15) is 10.4 Å². The van der Waals surface area contributed by atoms with E-state index in [1.54, 1.807) is 24.0 Å². The number of carbonyl (C=O) groups is 1. The maximum absolute atomic E-state index is 11.7. The monoisotopic (exact) mass is 237 g/mol. The van der Waals surface area contributed by atoms with Crippen molar-refractivity contribution in [2.45, 2.75) is 0 Å². The van der Waals surface area contributed by atoms with E-state index in [4.69, 9.17) is 11.6 Å². The molecule has 0 aliphatic carbocycles. The number of hydrogen-bond donors (Lipinski definition) is 1. The van der Waals surface area contributed by atoms with Crippen LogP contribution in [-0.4, -0.2) is 25.7 Å². The molecule has 7 heteroatoms. The van der Waals surface area contributed by atoms with Crippen molar-refractivity contribution >= 4 is 23.3 Å². The molecule has 6 nitrogen and oxygen atoms in total. The van der Waals surface area contributed by atoms with Gasteiger partial charge in [-0.3, -0.25) is 9.48 Å². The van der Waals surface area contributed by atoms with Crippen LogP contribution >= 0.6 is 11.6 Å². The molecule has 2 aromatic heterocycles. The molecule has 0 saturated heterocycles. The van der Waals surface area contributed by atoms with Gasteiger partial charge in [-0.1, -0.05) is 0 Å². The van der Waals surface area contributed by atoms with Crippen LogP contribution in [0.25, 0.3) is 0 Å². The van der Waals surface area contributed by atoms with E-state index in [0.717, 1.165) is 0 Å². The Morgan fingerprint density at radius 1 is 1.56 bits per heavy atom. The number of halogens is 1. The highest BCUT2D eigenvalue weighted by atomic mass is 35.5. The molecule has 0 spiro atoms. The molecule has 0 radical (unpaired) electrons. The van der Waals surface area contributed by atoms with Crippen molar-refractivity contribution in [3.63, 3.8) is 0 Å². The SMILES string of the molecule is Cn1cc(C(=O)Nc2ccnc(Cl)n2)cn1. The molecule has 2 aromatic rings. The maximum Gasteiger partial charge on any atom is 0.260 e. The molecular formula is C9H8ClN5O. The fraction of sp³-hybridized carbons (Fsp3) is 0.111. The lowest BCUT2D eigenvalue weighted by Crippen LogP contribution is -2.12. The summed E-state index contributed by atoms with van der Waals surface area (Å²) in [4.78, 5) is 19.2. The molecular weight excluding hydrogens is 230 g/mol. The second-order valence-electron chi connectivity index (χ2n) is 3.07. The summed E-state index contributed by atoms with van der Waals surface area (Å²) in [5.41, 5.74) is 0.456. The van der Waals surface area contributed by atoms with Crippen molar-refractivity contribution in [3.05, 3.63) is 35.5 Å². The summed E-state index contributed by atoms with van der Waals surface area (Å²) in [5, 5.41) is 6.57. The Labute approximate surface area is 96.3 Å². The molecule has 16 heavy (non-hydrogen) atoms. The minimum atomic E-state index is -0.289. The van der Waals surface area contributed by atoms with Gasteiger partial charge in [0.05, 0.1) is 11.8 Å². The first-order valence-corrected chi connectivity index (χ1v) is 4.81. The lowest BCUT2D eigenvalue weighted by Gasteiger charge is -2.01. The summed E-state index contributed by atoms with van der Waals surface area (Å²) in [6.45, 7) is 0. The first-order chi connectivity index (χ1) is 7.65. The lowest BCUT2D eigenvalue weighted by molar-refractivity contribution is 0.102. The summed E-state index contributed by atoms with van der Waals surface area (Å²) in [6, 6.07) is 1.56. The zero-order valence-electron chi connectivity index (χ0n) is 8.38. The van der Waals surface area contributed by atoms with Gasteiger partial charge in [0.15, 0.2) is 0 Å². The number of carbonyl (C=O) groups excluding carboxylic acids is 1. The van der Waals surface area contributed by atoms with E-state index >= 15 is 0 Å². The Bertz CT molecular complexity index is 524. The minimum Gasteiger partial charge on any atom is -0.306 e. The average Bonchev–Trinajstić information content (AvgIpc) is 2.65. The molecule has 0 aromatic carbocycles. The quantitative estimate of drug-likeness (QED) is 0.795. The molecule has 2 rings (SSSR count). The van der Waals surface area contributed by atoms with E-state index in [0.29, 0.717) is 11.4 Å². The molecule has 0 fully saturated rings. The summed E-state index contributed by atoms with van der Waals surface area (Å²) in [6.07, 6.45) is 4.55. The third-order valence-electron chi connectivity index (χ3n) is 1.83. The number of hydrogen-bond acceptors (Lipinski definition) is 4. The largest absolute Gasteiger partial charge is 0.306 e. The van der Waals surface area contributed by atoms with Crippen molar-refractivity contribution in [1.82, 2.24) is 19.7 Å². The number of nitrogens with zero attached hydrogens (tertiary/aromatic N) is 4. The molecule has 1 amide bonds. The van der Waals surface area contributed by atoms with Gasteiger partial charge in [0.1, 0.15) is 5.82 Å². The van der Waals surface area contributed by atoms with E-state index in [2.05, 4.69) is 20.4 Å². The first kappa shape index (κ1) is 10.6. The Hall–Kier alpha value is -1.95. The molecule has 0 atom stereocenters. The second-order valence-corrected chi connectivity index (χ2v) is 3.41. The number of aryl methyl sites for hydroxylation is 1. The minimum absolute atomic E-state index is 0.0870. The van der Waals surface area contributed by atoms with Gasteiger partial charge in [-0.15, -0.1) is 0 Å². The molecule has 0 unspecified atom stereocenters. The molecule has 82 valence electrons. The van der Waals surface area contributed by atoms with Crippen LogP contribution in [0.4, 0.5) is 5.82 Å². The normalized spacial score (nSPS) is 10.1. The number of rotatable bonds is 2. The first-order valence-electron chi connectivity index (χ1n) is 4.44. The van der Waals surface area contributed by atoms with Gasteiger partial charge < -0.3 is 5.32 Å². The van der Waals surface area contributed by atoms with Crippen LogP contribution in [-0.2, 0) is 7.05 Å². The van der Waals surface area contributed by atoms with E-state index in [-0.39, 0.29) is 11.2 Å². The molecule has 0 aliphatic rings. The number of amides is 1. The average molecular weight is 238 g/mol. The molecule has 0 saturated carbocycles. The van der Waals surface area contributed by atoms with E-state index in [9.17, 15) is 4.79 Å². The van der Waals surface area contributed by atoms with Gasteiger partial charge >= 0.3 is 0 Å². The topological polar surface area (TPSA) is 72.7 Å². The van der Waals surface area contributed by atoms with Crippen LogP contribution in [0.5, 0.6) is 0 Å². The molecule has 1 N–H and O–H groups in total. The standard InChI is InChI=1S/C9H8ClN5O/c1-15-5-6(4-12-15)8(16)13-7-2-3-11-9(10)14-7/h2-5H,1H3,(H,11,13,14,16). The Kier molecular flexibility index (Phi) is 2.82. The number of aromatic nitrogens is 4. The van der Waals surface area contributed by atoms with Crippen molar-refractivity contribution in [3.8, 4) is 0 Å². The Balaban J connectivity index is 2.13. The highest BCUT2D eigenvalue weighted by Crippen LogP contribution is 2.07. The predicted molar refractivity (Wildman–Crippen MR) is 58.2 cm³/mol. The van der Waals surface area contributed by atoms with Crippen LogP contribution in [0.3, 0.4) is 0 Å². The van der Waals surface area contributed by atoms with Crippen LogP contribution < -0.4 is 5.32 Å². The third kappa shape index (κ3) is 2.34. The summed E-state index contributed by atoms with van der Waals surface area (Å²) in [7, 11) is 1.73. The van der Waals surface area contributed by atoms with Crippen molar-refractivity contribution in [1.29, 1.82) is 0 Å². The summed E-state index contributed by atoms with van der Waals surface area (Å²) < 4.78 is 1.54. The second kappa shape index (κ2) is 4.28. The van der Waals surface area contributed by atoms with Gasteiger partial charge in [0.2, 0.25) is 5.28 Å². The summed E-state index contributed by atoms with van der Waals surface area (Å²) >= 11 is 5.59. The van der Waals surface area contributed by atoms with Crippen LogP contribution in [0, 0.1) is 0 Å². The van der Waals surface area contributed by atoms with Gasteiger partial charge in [0.25, 0.3) is 5.91 Å². The van der Waals surface area contributed by atoms with E-state index in [1.165, 1.54) is 12.4 Å². The van der Waals surface area contributed by atoms with Crippen LogP contribution in [0.2, 0.25) is 5.28 Å². The van der Waals surface area contributed by atoms with Gasteiger partial charge in [-0.05, 0) is 17.7 Å². The Morgan fingerprint density at radius 2 is 2.38 bits per heavy atom. The fourth-order valence-electron chi connectivity index (χ4n) is 1.13. The predicted octanol–water partition coefficient (Wildman–Crippen LogP) is 1.12. The van der Waals surface area contributed by atoms with Gasteiger partial charge in [0, 0.05) is 19.4 Å². The zero-order valence-corrected chi connectivity index (χ0v) is 9.14. The van der Waals surface area contributed by atoms with Gasteiger partial charge in [-0.25, -0.2) is 9.97 Å². The van der Waals surface area contributed by atoms with Crippen LogP contribution in [0.15, 0.2) is 24.7 Å². The zero-order chi connectivity index (χ0) is 11.5. The van der Waals surface area contributed by atoms with Crippen molar-refractivity contribution < 1.29 is 4.79 Å². The summed E-state index contributed by atoms with van der Waals surface area (Å²) in [5.74, 6) is 0.0664. The third-order valence-corrected chi connectivity index (χ3v) is 2.02. The molecule has 0 bridgehead atoms. The smallest absolute Gasteiger partial charge is 0.260 e. The molecule has 0 aliphatic heterocycles.